The van der Waals surface area contributed by atoms with Gasteiger partial charge in [0.25, 0.3) is 0 Å². The minimum Gasteiger partial charge on any atom is -0.480 e. The van der Waals surface area contributed by atoms with Crippen molar-refractivity contribution >= 4 is 11.9 Å². The number of carboxylic acids is 1. The number of nitrogens with one attached hydrogen (secondary N) is 1. The standard InChI is InChI=1S/C13H24N2O3/c1-3-8(2)11(13(17)18)15-12(16)9-4-6-10(14)7-5-9/h8-11H,3-7,14H2,1-2H3,(H,15,16)(H,17,18). The fourth-order valence-electron chi connectivity index (χ4n) is 2.34. The first-order chi connectivity index (χ1) is 8.45. The monoisotopic (exact) mass is 256 g/mol. The molecule has 1 saturated carbocycles. The molecule has 5 nitrogen and oxygen atoms in total. The van der Waals surface area contributed by atoms with Crippen molar-refractivity contribution in [1.82, 2.24) is 5.32 Å². The number of carbonyl (C=O) groups is 2. The Labute approximate surface area is 108 Å². The second-order valence-corrected chi connectivity index (χ2v) is 5.32. The van der Waals surface area contributed by atoms with Crippen LogP contribution < -0.4 is 11.1 Å². The first kappa shape index (κ1) is 15.0. The molecule has 0 saturated heterocycles. The van der Waals surface area contributed by atoms with Gasteiger partial charge in [-0.1, -0.05) is 20.3 Å². The molecule has 1 aliphatic carbocycles. The third-order valence-electron chi connectivity index (χ3n) is 3.92. The smallest absolute Gasteiger partial charge is 0.326 e. The van der Waals surface area contributed by atoms with Gasteiger partial charge < -0.3 is 16.2 Å². The van der Waals surface area contributed by atoms with E-state index in [1.54, 1.807) is 0 Å². The highest BCUT2D eigenvalue weighted by Crippen LogP contribution is 2.23. The zero-order chi connectivity index (χ0) is 13.7. The summed E-state index contributed by atoms with van der Waals surface area (Å²) < 4.78 is 0. The largest absolute Gasteiger partial charge is 0.480 e. The minimum absolute atomic E-state index is 0.0581. The number of rotatable bonds is 5. The summed E-state index contributed by atoms with van der Waals surface area (Å²) in [6.45, 7) is 3.77. The molecular weight excluding hydrogens is 232 g/mol. The normalized spacial score (nSPS) is 27.3. The fraction of sp³-hybridized carbons (Fsp3) is 0.846. The van der Waals surface area contributed by atoms with E-state index in [2.05, 4.69) is 5.32 Å². The van der Waals surface area contributed by atoms with Gasteiger partial charge in [-0.2, -0.15) is 0 Å². The Hall–Kier alpha value is -1.10. The lowest BCUT2D eigenvalue weighted by molar-refractivity contribution is -0.144. The fourth-order valence-corrected chi connectivity index (χ4v) is 2.34. The maximum absolute atomic E-state index is 12.0. The summed E-state index contributed by atoms with van der Waals surface area (Å²) in [6.07, 6.45) is 3.95. The van der Waals surface area contributed by atoms with Gasteiger partial charge in [0, 0.05) is 12.0 Å². The van der Waals surface area contributed by atoms with Crippen molar-refractivity contribution in [3.8, 4) is 0 Å². The molecule has 0 aliphatic heterocycles. The molecule has 0 bridgehead atoms. The minimum atomic E-state index is -0.954. The van der Waals surface area contributed by atoms with Gasteiger partial charge in [-0.3, -0.25) is 4.79 Å². The SMILES string of the molecule is CCC(C)C(NC(=O)C1CCC(N)CC1)C(=O)O. The average molecular weight is 256 g/mol. The van der Waals surface area contributed by atoms with Gasteiger partial charge in [-0.25, -0.2) is 4.79 Å². The van der Waals surface area contributed by atoms with Crippen molar-refractivity contribution in [2.24, 2.45) is 17.6 Å². The Morgan fingerprint density at radius 2 is 1.89 bits per heavy atom. The summed E-state index contributed by atoms with van der Waals surface area (Å²) in [7, 11) is 0. The van der Waals surface area contributed by atoms with Crippen molar-refractivity contribution in [3.63, 3.8) is 0 Å². The third kappa shape index (κ3) is 3.98. The van der Waals surface area contributed by atoms with Gasteiger partial charge in [0.15, 0.2) is 0 Å². The number of amides is 1. The number of aliphatic carboxylic acids is 1. The average Bonchev–Trinajstić information content (AvgIpc) is 2.35. The highest BCUT2D eigenvalue weighted by atomic mass is 16.4. The van der Waals surface area contributed by atoms with Crippen LogP contribution in [0.4, 0.5) is 0 Å². The van der Waals surface area contributed by atoms with E-state index in [0.717, 1.165) is 32.1 Å². The number of carbonyl (C=O) groups excluding carboxylic acids is 1. The third-order valence-corrected chi connectivity index (χ3v) is 3.92. The quantitative estimate of drug-likeness (QED) is 0.687. The molecule has 2 unspecified atom stereocenters. The van der Waals surface area contributed by atoms with Crippen LogP contribution in [0.25, 0.3) is 0 Å². The zero-order valence-corrected chi connectivity index (χ0v) is 11.2. The molecule has 18 heavy (non-hydrogen) atoms. The number of carboxylic acid groups (broad SMARTS) is 1. The van der Waals surface area contributed by atoms with Crippen LogP contribution in [-0.4, -0.2) is 29.1 Å². The van der Waals surface area contributed by atoms with E-state index >= 15 is 0 Å². The van der Waals surface area contributed by atoms with Crippen LogP contribution in [0.5, 0.6) is 0 Å². The Morgan fingerprint density at radius 3 is 2.33 bits per heavy atom. The highest BCUT2D eigenvalue weighted by molar-refractivity contribution is 5.85. The molecule has 0 aromatic heterocycles. The summed E-state index contributed by atoms with van der Waals surface area (Å²) in [5.74, 6) is -1.21. The molecule has 1 amide bonds. The number of hydrogen-bond donors (Lipinski definition) is 3. The summed E-state index contributed by atoms with van der Waals surface area (Å²) in [5.41, 5.74) is 5.79. The maximum atomic E-state index is 12.0. The molecule has 0 radical (unpaired) electrons. The van der Waals surface area contributed by atoms with E-state index in [9.17, 15) is 9.59 Å². The van der Waals surface area contributed by atoms with Crippen molar-refractivity contribution < 1.29 is 14.7 Å². The van der Waals surface area contributed by atoms with E-state index in [1.165, 1.54) is 0 Å². The summed E-state index contributed by atoms with van der Waals surface area (Å²) >= 11 is 0. The van der Waals surface area contributed by atoms with Crippen molar-refractivity contribution in [1.29, 1.82) is 0 Å². The molecule has 0 heterocycles. The van der Waals surface area contributed by atoms with Crippen LogP contribution in [0.2, 0.25) is 0 Å². The van der Waals surface area contributed by atoms with Crippen LogP contribution in [0.3, 0.4) is 0 Å². The first-order valence-electron chi connectivity index (χ1n) is 6.74. The molecule has 0 aromatic carbocycles. The van der Waals surface area contributed by atoms with Crippen LogP contribution in [0.15, 0.2) is 0 Å². The van der Waals surface area contributed by atoms with Gasteiger partial charge in [-0.15, -0.1) is 0 Å². The predicted molar refractivity (Wildman–Crippen MR) is 69.0 cm³/mol. The molecule has 5 heteroatoms. The molecule has 1 rings (SSSR count). The lowest BCUT2D eigenvalue weighted by Crippen LogP contribution is -2.48. The van der Waals surface area contributed by atoms with E-state index < -0.39 is 12.0 Å². The van der Waals surface area contributed by atoms with Crippen LogP contribution in [0.1, 0.15) is 46.0 Å². The molecule has 4 N–H and O–H groups in total. The maximum Gasteiger partial charge on any atom is 0.326 e. The summed E-state index contributed by atoms with van der Waals surface area (Å²) in [6, 6.07) is -0.586. The van der Waals surface area contributed by atoms with Crippen LogP contribution in [0, 0.1) is 11.8 Å². The lowest BCUT2D eigenvalue weighted by Gasteiger charge is -2.27. The molecule has 1 aliphatic rings. The van der Waals surface area contributed by atoms with Crippen LogP contribution in [-0.2, 0) is 9.59 Å². The Kier molecular flexibility index (Phi) is 5.59. The van der Waals surface area contributed by atoms with E-state index in [0.29, 0.717) is 0 Å². The van der Waals surface area contributed by atoms with Crippen molar-refractivity contribution in [2.75, 3.05) is 0 Å². The molecular formula is C13H24N2O3. The Bertz CT molecular complexity index is 299. The highest BCUT2D eigenvalue weighted by Gasteiger charge is 2.30. The van der Waals surface area contributed by atoms with Crippen LogP contribution >= 0.6 is 0 Å². The summed E-state index contributed by atoms with van der Waals surface area (Å²) in [5, 5.41) is 11.8. The van der Waals surface area contributed by atoms with Gasteiger partial charge in [-0.05, 0) is 31.6 Å². The van der Waals surface area contributed by atoms with Gasteiger partial charge in [0.2, 0.25) is 5.91 Å². The molecule has 1 fully saturated rings. The Balaban J connectivity index is 2.53. The van der Waals surface area contributed by atoms with E-state index in [-0.39, 0.29) is 23.8 Å². The molecule has 104 valence electrons. The Morgan fingerprint density at radius 1 is 1.33 bits per heavy atom. The summed E-state index contributed by atoms with van der Waals surface area (Å²) in [4.78, 5) is 23.2. The topological polar surface area (TPSA) is 92.4 Å². The van der Waals surface area contributed by atoms with Crippen molar-refractivity contribution in [2.45, 2.75) is 58.0 Å². The van der Waals surface area contributed by atoms with Gasteiger partial charge in [0.05, 0.1) is 0 Å². The van der Waals surface area contributed by atoms with E-state index in [4.69, 9.17) is 10.8 Å². The van der Waals surface area contributed by atoms with Gasteiger partial charge >= 0.3 is 5.97 Å². The number of hydrogen-bond acceptors (Lipinski definition) is 3. The second-order valence-electron chi connectivity index (χ2n) is 5.32. The number of nitrogens with two attached hydrogens (primary N) is 1. The van der Waals surface area contributed by atoms with Crippen molar-refractivity contribution in [3.05, 3.63) is 0 Å². The van der Waals surface area contributed by atoms with E-state index in [1.807, 2.05) is 13.8 Å². The van der Waals surface area contributed by atoms with Gasteiger partial charge in [0.1, 0.15) is 6.04 Å². The second kappa shape index (κ2) is 6.73. The lowest BCUT2D eigenvalue weighted by atomic mass is 9.85. The molecule has 0 spiro atoms. The predicted octanol–water partition coefficient (Wildman–Crippen LogP) is 1.12. The first-order valence-corrected chi connectivity index (χ1v) is 6.74. The molecule has 0 aromatic rings. The zero-order valence-electron chi connectivity index (χ0n) is 11.2. The molecule has 2 atom stereocenters.